The van der Waals surface area contributed by atoms with Gasteiger partial charge in [-0.25, -0.2) is 4.98 Å². The summed E-state index contributed by atoms with van der Waals surface area (Å²) in [5.41, 5.74) is 2.88. The lowest BCUT2D eigenvalue weighted by atomic mass is 9.80. The lowest BCUT2D eigenvalue weighted by Crippen LogP contribution is -2.20. The van der Waals surface area contributed by atoms with Gasteiger partial charge in [-0.1, -0.05) is 67.7 Å². The first kappa shape index (κ1) is 17.3. The van der Waals surface area contributed by atoms with Crippen LogP contribution in [0, 0.1) is 0 Å². The number of aromatic nitrogens is 2. The van der Waals surface area contributed by atoms with Crippen LogP contribution in [0.15, 0.2) is 0 Å². The first-order valence-corrected chi connectivity index (χ1v) is 8.43. The average molecular weight is 278 g/mol. The highest BCUT2D eigenvalue weighted by molar-refractivity contribution is 5.27. The predicted octanol–water partition coefficient (Wildman–Crippen LogP) is 5.90. The molecule has 0 spiro atoms. The molecule has 1 rings (SSSR count). The zero-order chi connectivity index (χ0) is 15.3. The summed E-state index contributed by atoms with van der Waals surface area (Å²) in [4.78, 5) is 8.62. The summed E-state index contributed by atoms with van der Waals surface area (Å²) >= 11 is 0. The Kier molecular flexibility index (Phi) is 6.29. The maximum atomic E-state index is 4.98. The van der Waals surface area contributed by atoms with E-state index in [1.165, 1.54) is 43.5 Å². The van der Waals surface area contributed by atoms with Gasteiger partial charge in [0.25, 0.3) is 0 Å². The molecule has 1 aromatic heterocycles. The van der Waals surface area contributed by atoms with E-state index in [0.717, 1.165) is 5.82 Å². The quantitative estimate of drug-likeness (QED) is 0.629. The maximum absolute atomic E-state index is 4.98. The fourth-order valence-electron chi connectivity index (χ4n) is 2.87. The van der Waals surface area contributed by atoms with Crippen molar-refractivity contribution in [2.24, 2.45) is 0 Å². The molecule has 1 atom stereocenters. The number of nitrogens with one attached hydrogen (secondary N) is 1. The van der Waals surface area contributed by atoms with E-state index in [4.69, 9.17) is 4.98 Å². The number of rotatable bonds is 8. The Hall–Kier alpha value is -0.790. The van der Waals surface area contributed by atoms with Crippen LogP contribution in [0.5, 0.6) is 0 Å². The standard InChI is InChI=1S/C18H34N2/c1-8-10-12-18(6,7)16-15(14(5)11-9-2)19-17(20-16)13(3)4/h13-14H,8-12H2,1-7H3,(H,19,20). The maximum Gasteiger partial charge on any atom is 0.109 e. The van der Waals surface area contributed by atoms with Gasteiger partial charge in [0.05, 0.1) is 5.69 Å². The molecule has 0 saturated carbocycles. The molecule has 0 aliphatic rings. The van der Waals surface area contributed by atoms with Crippen LogP contribution < -0.4 is 0 Å². The summed E-state index contributed by atoms with van der Waals surface area (Å²) in [6.07, 6.45) is 6.21. The minimum Gasteiger partial charge on any atom is -0.345 e. The average Bonchev–Trinajstić information content (AvgIpc) is 2.82. The van der Waals surface area contributed by atoms with E-state index >= 15 is 0 Å². The molecule has 1 heterocycles. The van der Waals surface area contributed by atoms with Gasteiger partial charge in [0, 0.05) is 17.0 Å². The minimum absolute atomic E-state index is 0.178. The molecule has 0 radical (unpaired) electrons. The molecule has 0 aliphatic carbocycles. The smallest absolute Gasteiger partial charge is 0.109 e. The van der Waals surface area contributed by atoms with E-state index in [9.17, 15) is 0 Å². The molecule has 1 N–H and O–H groups in total. The molecule has 1 unspecified atom stereocenters. The highest BCUT2D eigenvalue weighted by Crippen LogP contribution is 2.35. The molecule has 2 nitrogen and oxygen atoms in total. The van der Waals surface area contributed by atoms with Crippen molar-refractivity contribution in [2.45, 2.75) is 97.8 Å². The third-order valence-corrected chi connectivity index (χ3v) is 4.31. The molecule has 1 aromatic rings. The molecule has 0 aliphatic heterocycles. The fourth-order valence-corrected chi connectivity index (χ4v) is 2.87. The molecule has 0 saturated heterocycles. The van der Waals surface area contributed by atoms with Crippen molar-refractivity contribution in [3.8, 4) is 0 Å². The Balaban J connectivity index is 3.14. The zero-order valence-corrected chi connectivity index (χ0v) is 14.6. The van der Waals surface area contributed by atoms with E-state index in [-0.39, 0.29) is 5.41 Å². The number of nitrogens with zero attached hydrogens (tertiary/aromatic N) is 1. The molecule has 2 heteroatoms. The fraction of sp³-hybridized carbons (Fsp3) is 0.833. The van der Waals surface area contributed by atoms with Crippen LogP contribution in [0.4, 0.5) is 0 Å². The summed E-state index contributed by atoms with van der Waals surface area (Å²) in [6.45, 7) is 16.0. The second kappa shape index (κ2) is 7.28. The third-order valence-electron chi connectivity index (χ3n) is 4.31. The molecule has 116 valence electrons. The predicted molar refractivity (Wildman–Crippen MR) is 88.6 cm³/mol. The van der Waals surface area contributed by atoms with E-state index in [2.05, 4.69) is 53.5 Å². The number of hydrogen-bond donors (Lipinski definition) is 1. The van der Waals surface area contributed by atoms with Gasteiger partial charge >= 0.3 is 0 Å². The van der Waals surface area contributed by atoms with Gasteiger partial charge in [0.2, 0.25) is 0 Å². The molecular weight excluding hydrogens is 244 g/mol. The van der Waals surface area contributed by atoms with Crippen LogP contribution in [0.3, 0.4) is 0 Å². The van der Waals surface area contributed by atoms with Gasteiger partial charge in [-0.05, 0) is 18.8 Å². The molecule has 0 amide bonds. The topological polar surface area (TPSA) is 28.7 Å². The number of hydrogen-bond acceptors (Lipinski definition) is 1. The SMILES string of the molecule is CCCCC(C)(C)c1nc(C(C)C)[nH]c1C(C)CCC. The normalized spacial score (nSPS) is 14.0. The molecule has 0 fully saturated rings. The Labute approximate surface area is 125 Å². The monoisotopic (exact) mass is 278 g/mol. The van der Waals surface area contributed by atoms with Crippen molar-refractivity contribution in [3.63, 3.8) is 0 Å². The van der Waals surface area contributed by atoms with Crippen LogP contribution in [0.25, 0.3) is 0 Å². The van der Waals surface area contributed by atoms with E-state index in [1.807, 2.05) is 0 Å². The Bertz CT molecular complexity index is 402. The number of H-pyrrole nitrogens is 1. The van der Waals surface area contributed by atoms with E-state index < -0.39 is 0 Å². The molecule has 20 heavy (non-hydrogen) atoms. The second-order valence-electron chi connectivity index (χ2n) is 7.22. The van der Waals surface area contributed by atoms with Crippen LogP contribution in [0.2, 0.25) is 0 Å². The second-order valence-corrected chi connectivity index (χ2v) is 7.22. The first-order valence-electron chi connectivity index (χ1n) is 8.43. The zero-order valence-electron chi connectivity index (χ0n) is 14.6. The van der Waals surface area contributed by atoms with Crippen molar-refractivity contribution in [1.29, 1.82) is 0 Å². The summed E-state index contributed by atoms with van der Waals surface area (Å²) in [5.74, 6) is 2.21. The number of imidazole rings is 1. The minimum atomic E-state index is 0.178. The highest BCUT2D eigenvalue weighted by atomic mass is 15.0. The van der Waals surface area contributed by atoms with Crippen molar-refractivity contribution in [3.05, 3.63) is 17.2 Å². The largest absolute Gasteiger partial charge is 0.345 e. The summed E-state index contributed by atoms with van der Waals surface area (Å²) < 4.78 is 0. The lowest BCUT2D eigenvalue weighted by Gasteiger charge is -2.25. The van der Waals surface area contributed by atoms with Gasteiger partial charge in [0.15, 0.2) is 0 Å². The molecule has 0 aromatic carbocycles. The van der Waals surface area contributed by atoms with Gasteiger partial charge in [0.1, 0.15) is 5.82 Å². The van der Waals surface area contributed by atoms with Crippen molar-refractivity contribution < 1.29 is 0 Å². The first-order chi connectivity index (χ1) is 9.33. The Morgan fingerprint density at radius 2 is 1.75 bits per heavy atom. The van der Waals surface area contributed by atoms with Crippen LogP contribution >= 0.6 is 0 Å². The van der Waals surface area contributed by atoms with Crippen molar-refractivity contribution >= 4 is 0 Å². The lowest BCUT2D eigenvalue weighted by molar-refractivity contribution is 0.438. The van der Waals surface area contributed by atoms with E-state index in [0.29, 0.717) is 11.8 Å². The van der Waals surface area contributed by atoms with Crippen LogP contribution in [-0.2, 0) is 5.41 Å². The molecular formula is C18H34N2. The summed E-state index contributed by atoms with van der Waals surface area (Å²) in [6, 6.07) is 0. The highest BCUT2D eigenvalue weighted by Gasteiger charge is 2.29. The summed E-state index contributed by atoms with van der Waals surface area (Å²) in [7, 11) is 0. The number of aromatic amines is 1. The van der Waals surface area contributed by atoms with Crippen molar-refractivity contribution in [1.82, 2.24) is 9.97 Å². The third kappa shape index (κ3) is 4.10. The van der Waals surface area contributed by atoms with Crippen molar-refractivity contribution in [2.75, 3.05) is 0 Å². The molecule has 0 bridgehead atoms. The number of unbranched alkanes of at least 4 members (excludes halogenated alkanes) is 1. The summed E-state index contributed by atoms with van der Waals surface area (Å²) in [5, 5.41) is 0. The van der Waals surface area contributed by atoms with Crippen LogP contribution in [0.1, 0.15) is 110 Å². The Morgan fingerprint density at radius 3 is 2.25 bits per heavy atom. The van der Waals surface area contributed by atoms with Crippen LogP contribution in [-0.4, -0.2) is 9.97 Å². The van der Waals surface area contributed by atoms with E-state index in [1.54, 1.807) is 0 Å². The van der Waals surface area contributed by atoms with Gasteiger partial charge in [-0.15, -0.1) is 0 Å². The Morgan fingerprint density at radius 1 is 1.10 bits per heavy atom. The van der Waals surface area contributed by atoms with Gasteiger partial charge < -0.3 is 4.98 Å². The van der Waals surface area contributed by atoms with Gasteiger partial charge in [-0.2, -0.15) is 0 Å². The van der Waals surface area contributed by atoms with Gasteiger partial charge in [-0.3, -0.25) is 0 Å².